The molecule has 4 nitrogen and oxygen atoms in total. The monoisotopic (exact) mass is 311 g/mol. The molecule has 0 amide bonds. The zero-order valence-corrected chi connectivity index (χ0v) is 13.8. The first-order valence-corrected chi connectivity index (χ1v) is 8.99. The molecular weight excluding hydrogens is 286 g/mol. The van der Waals surface area contributed by atoms with Gasteiger partial charge in [0, 0.05) is 6.54 Å². The molecule has 2 N–H and O–H groups in total. The van der Waals surface area contributed by atoms with Crippen LogP contribution in [-0.2, 0) is 10.0 Å². The maximum atomic E-state index is 12.4. The quantitative estimate of drug-likeness (QED) is 0.898. The van der Waals surface area contributed by atoms with Crippen molar-refractivity contribution >= 4 is 10.0 Å². The molecule has 1 aliphatic rings. The number of aryl methyl sites for hydroxylation is 2. The molecule has 0 radical (unpaired) electrons. The zero-order chi connectivity index (χ0) is 15.7. The highest BCUT2D eigenvalue weighted by Crippen LogP contribution is 2.31. The summed E-state index contributed by atoms with van der Waals surface area (Å²) in [5.41, 5.74) is 0.858. The molecule has 1 aromatic carbocycles. The lowest BCUT2D eigenvalue weighted by Crippen LogP contribution is -2.45. The van der Waals surface area contributed by atoms with Crippen LogP contribution in [0.2, 0.25) is 0 Å². The average molecular weight is 311 g/mol. The van der Waals surface area contributed by atoms with Crippen molar-refractivity contribution in [2.75, 3.05) is 6.54 Å². The second-order valence-electron chi connectivity index (χ2n) is 6.50. The van der Waals surface area contributed by atoms with Gasteiger partial charge in [-0.3, -0.25) is 0 Å². The van der Waals surface area contributed by atoms with Crippen LogP contribution in [0.5, 0.6) is 0 Å². The Bertz CT molecular complexity index is 602. The largest absolute Gasteiger partial charge is 0.389 e. The lowest BCUT2D eigenvalue weighted by atomic mass is 9.80. The van der Waals surface area contributed by atoms with Gasteiger partial charge >= 0.3 is 0 Å². The minimum Gasteiger partial charge on any atom is -0.389 e. The number of benzene rings is 1. The van der Waals surface area contributed by atoms with Gasteiger partial charge in [-0.05, 0) is 57.1 Å². The van der Waals surface area contributed by atoms with Crippen molar-refractivity contribution < 1.29 is 13.5 Å². The summed E-state index contributed by atoms with van der Waals surface area (Å²) in [4.78, 5) is 0.292. The summed E-state index contributed by atoms with van der Waals surface area (Å²) in [5.74, 6) is 0.612. The molecule has 0 saturated heterocycles. The van der Waals surface area contributed by atoms with Crippen molar-refractivity contribution in [2.24, 2.45) is 5.92 Å². The smallest absolute Gasteiger partial charge is 0.240 e. The van der Waals surface area contributed by atoms with Crippen LogP contribution in [0.4, 0.5) is 0 Å². The molecule has 1 fully saturated rings. The molecular formula is C16H25NO3S. The Labute approximate surface area is 127 Å². The maximum absolute atomic E-state index is 12.4. The molecule has 1 aliphatic carbocycles. The van der Waals surface area contributed by atoms with E-state index in [0.717, 1.165) is 24.0 Å². The Balaban J connectivity index is 2.08. The molecule has 0 heterocycles. The van der Waals surface area contributed by atoms with E-state index in [1.165, 1.54) is 0 Å². The van der Waals surface area contributed by atoms with E-state index in [4.69, 9.17) is 0 Å². The zero-order valence-electron chi connectivity index (χ0n) is 13.0. The second kappa shape index (κ2) is 6.07. The first kappa shape index (κ1) is 16.5. The molecule has 0 aliphatic heterocycles. The summed E-state index contributed by atoms with van der Waals surface area (Å²) in [7, 11) is -3.57. The molecule has 2 rings (SSSR count). The van der Waals surface area contributed by atoms with Crippen molar-refractivity contribution in [1.82, 2.24) is 4.72 Å². The van der Waals surface area contributed by atoms with E-state index in [2.05, 4.69) is 11.6 Å². The first-order valence-electron chi connectivity index (χ1n) is 7.51. The summed E-state index contributed by atoms with van der Waals surface area (Å²) < 4.78 is 27.4. The van der Waals surface area contributed by atoms with Gasteiger partial charge < -0.3 is 5.11 Å². The molecule has 1 saturated carbocycles. The highest BCUT2D eigenvalue weighted by atomic mass is 32.2. The van der Waals surface area contributed by atoms with Crippen molar-refractivity contribution in [1.29, 1.82) is 0 Å². The molecule has 0 unspecified atom stereocenters. The lowest BCUT2D eigenvalue weighted by Gasteiger charge is -2.34. The predicted molar refractivity (Wildman–Crippen MR) is 83.7 cm³/mol. The van der Waals surface area contributed by atoms with Gasteiger partial charge in [-0.2, -0.15) is 0 Å². The van der Waals surface area contributed by atoms with Gasteiger partial charge in [0.05, 0.1) is 10.5 Å². The third-order valence-corrected chi connectivity index (χ3v) is 5.98. The van der Waals surface area contributed by atoms with Crippen LogP contribution in [0.25, 0.3) is 0 Å². The van der Waals surface area contributed by atoms with E-state index in [-0.39, 0.29) is 6.54 Å². The van der Waals surface area contributed by atoms with E-state index in [0.29, 0.717) is 23.7 Å². The van der Waals surface area contributed by atoms with E-state index in [1.807, 2.05) is 13.0 Å². The van der Waals surface area contributed by atoms with Crippen molar-refractivity contribution in [3.63, 3.8) is 0 Å². The Morgan fingerprint density at radius 3 is 2.48 bits per heavy atom. The summed E-state index contributed by atoms with van der Waals surface area (Å²) in [6.07, 6.45) is 3.21. The van der Waals surface area contributed by atoms with E-state index < -0.39 is 15.6 Å². The number of hydrogen-bond acceptors (Lipinski definition) is 3. The Hall–Kier alpha value is -0.910. The van der Waals surface area contributed by atoms with Gasteiger partial charge in [-0.25, -0.2) is 13.1 Å². The Morgan fingerprint density at radius 1 is 1.29 bits per heavy atom. The molecule has 0 aromatic heterocycles. The third-order valence-electron chi connectivity index (χ3n) is 4.42. The van der Waals surface area contributed by atoms with Gasteiger partial charge in [0.2, 0.25) is 10.0 Å². The fraction of sp³-hybridized carbons (Fsp3) is 0.625. The van der Waals surface area contributed by atoms with Gasteiger partial charge in [0.25, 0.3) is 0 Å². The Kier molecular flexibility index (Phi) is 4.76. The molecule has 21 heavy (non-hydrogen) atoms. The third kappa shape index (κ3) is 4.05. The topological polar surface area (TPSA) is 66.4 Å². The molecule has 5 heteroatoms. The molecule has 0 spiro atoms. The van der Waals surface area contributed by atoms with Gasteiger partial charge in [0.1, 0.15) is 0 Å². The second-order valence-corrected chi connectivity index (χ2v) is 8.24. The van der Waals surface area contributed by atoms with Crippen LogP contribution in [0.15, 0.2) is 23.1 Å². The Morgan fingerprint density at radius 2 is 1.90 bits per heavy atom. The number of rotatable bonds is 4. The summed E-state index contributed by atoms with van der Waals surface area (Å²) >= 11 is 0. The summed E-state index contributed by atoms with van der Waals surface area (Å²) in [6.45, 7) is 5.98. The molecule has 0 atom stereocenters. The van der Waals surface area contributed by atoms with Crippen LogP contribution in [0.1, 0.15) is 43.7 Å². The van der Waals surface area contributed by atoms with Crippen LogP contribution in [0, 0.1) is 19.8 Å². The molecule has 1 aromatic rings. The number of sulfonamides is 1. The number of aliphatic hydroxyl groups is 1. The van der Waals surface area contributed by atoms with Crippen LogP contribution < -0.4 is 4.72 Å². The highest BCUT2D eigenvalue weighted by molar-refractivity contribution is 7.89. The van der Waals surface area contributed by atoms with E-state index >= 15 is 0 Å². The average Bonchev–Trinajstić information content (AvgIpc) is 2.40. The molecule has 118 valence electrons. The van der Waals surface area contributed by atoms with Gasteiger partial charge in [-0.1, -0.05) is 24.6 Å². The number of nitrogens with one attached hydrogen (secondary N) is 1. The fourth-order valence-corrected chi connectivity index (χ4v) is 4.23. The van der Waals surface area contributed by atoms with Gasteiger partial charge in [-0.15, -0.1) is 0 Å². The number of hydrogen-bond donors (Lipinski definition) is 2. The van der Waals surface area contributed by atoms with Crippen molar-refractivity contribution in [3.8, 4) is 0 Å². The minimum atomic E-state index is -3.57. The van der Waals surface area contributed by atoms with Crippen molar-refractivity contribution in [2.45, 2.75) is 57.0 Å². The fourth-order valence-electron chi connectivity index (χ4n) is 2.88. The lowest BCUT2D eigenvalue weighted by molar-refractivity contribution is -0.00183. The highest BCUT2D eigenvalue weighted by Gasteiger charge is 2.33. The van der Waals surface area contributed by atoms with E-state index in [1.54, 1.807) is 19.1 Å². The summed E-state index contributed by atoms with van der Waals surface area (Å²) in [5, 5.41) is 10.5. The van der Waals surface area contributed by atoms with Crippen LogP contribution in [-0.4, -0.2) is 25.7 Å². The van der Waals surface area contributed by atoms with Crippen LogP contribution in [0.3, 0.4) is 0 Å². The SMILES string of the molecule is Cc1ccc(S(=O)(=O)NCC2(O)CCC(C)CC2)c(C)c1. The standard InChI is InChI=1S/C16H25NO3S/c1-12-6-8-16(18,9-7-12)11-17-21(19,20)15-5-4-13(2)10-14(15)3/h4-5,10,12,17-18H,6-9,11H2,1-3H3. The van der Waals surface area contributed by atoms with Crippen LogP contribution >= 0.6 is 0 Å². The van der Waals surface area contributed by atoms with E-state index in [9.17, 15) is 13.5 Å². The summed E-state index contributed by atoms with van der Waals surface area (Å²) in [6, 6.07) is 5.27. The van der Waals surface area contributed by atoms with Gasteiger partial charge in [0.15, 0.2) is 0 Å². The normalized spacial score (nSPS) is 26.8. The van der Waals surface area contributed by atoms with Crippen molar-refractivity contribution in [3.05, 3.63) is 29.3 Å². The first-order chi connectivity index (χ1) is 9.72. The predicted octanol–water partition coefficient (Wildman–Crippen LogP) is 2.52. The maximum Gasteiger partial charge on any atom is 0.240 e. The molecule has 0 bridgehead atoms. The minimum absolute atomic E-state index is 0.0926.